The van der Waals surface area contributed by atoms with Crippen LogP contribution in [0.3, 0.4) is 0 Å². The third-order valence-corrected chi connectivity index (χ3v) is 9.80. The molecule has 0 aliphatic heterocycles. The van der Waals surface area contributed by atoms with Crippen LogP contribution < -0.4 is 14.8 Å². The molecule has 0 spiro atoms. The molecular weight excluding hydrogens is 562 g/mol. The van der Waals surface area contributed by atoms with E-state index in [1.807, 2.05) is 51.1 Å². The van der Waals surface area contributed by atoms with E-state index in [1.54, 1.807) is 18.8 Å². The number of amides is 1. The van der Waals surface area contributed by atoms with E-state index in [1.165, 1.54) is 50.6 Å². The second kappa shape index (κ2) is 13.2. The van der Waals surface area contributed by atoms with Gasteiger partial charge in [-0.15, -0.1) is 11.3 Å². The van der Waals surface area contributed by atoms with Gasteiger partial charge in [-0.2, -0.15) is 0 Å². The van der Waals surface area contributed by atoms with Crippen molar-refractivity contribution in [2.75, 3.05) is 26.6 Å². The Morgan fingerprint density at radius 2 is 1.72 bits per heavy atom. The highest BCUT2D eigenvalue weighted by molar-refractivity contribution is 7.16. The van der Waals surface area contributed by atoms with Gasteiger partial charge in [0.15, 0.2) is 5.13 Å². The zero-order valence-electron chi connectivity index (χ0n) is 26.0. The van der Waals surface area contributed by atoms with E-state index in [2.05, 4.69) is 5.32 Å². The number of nitrogens with zero attached hydrogens (tertiary/aromatic N) is 2. The van der Waals surface area contributed by atoms with Gasteiger partial charge < -0.3 is 18.8 Å². The minimum absolute atomic E-state index is 0.0681. The highest BCUT2D eigenvalue weighted by atomic mass is 32.1. The summed E-state index contributed by atoms with van der Waals surface area (Å²) in [6, 6.07) is 9.73. The molecule has 0 atom stereocenters. The number of methoxy groups -OCH3 is 3. The summed E-state index contributed by atoms with van der Waals surface area (Å²) >= 11 is 1.50. The van der Waals surface area contributed by atoms with Crippen LogP contribution in [0.25, 0.3) is 22.2 Å². The molecule has 1 N–H and O–H groups in total. The van der Waals surface area contributed by atoms with E-state index in [-0.39, 0.29) is 12.5 Å². The lowest BCUT2D eigenvalue weighted by atomic mass is 9.86. The number of hydrogen-bond acceptors (Lipinski definition) is 7. The predicted molar refractivity (Wildman–Crippen MR) is 172 cm³/mol. The average molecular weight is 604 g/mol. The number of esters is 1. The van der Waals surface area contributed by atoms with Gasteiger partial charge in [-0.05, 0) is 80.5 Å². The Labute approximate surface area is 257 Å². The van der Waals surface area contributed by atoms with Crippen LogP contribution in [0.5, 0.6) is 11.5 Å². The SMILES string of the molecule is COC(=O)Cn1c(C(=O)Nc2nc(-c3cc(OC)c(C)cc3OC)c(CCC3CCCCC3)s2)cc2c(C)c(C)ccc21. The van der Waals surface area contributed by atoms with Crippen molar-refractivity contribution in [3.63, 3.8) is 0 Å². The Bertz CT molecular complexity index is 1650. The average Bonchev–Trinajstić information content (AvgIpc) is 3.59. The molecule has 1 fully saturated rings. The van der Waals surface area contributed by atoms with Crippen molar-refractivity contribution in [3.05, 3.63) is 57.6 Å². The number of anilines is 1. The number of ether oxygens (including phenoxy) is 3. The topological polar surface area (TPSA) is 91.7 Å². The zero-order chi connectivity index (χ0) is 30.7. The summed E-state index contributed by atoms with van der Waals surface area (Å²) in [5.74, 6) is 1.42. The molecule has 8 nitrogen and oxygen atoms in total. The first-order valence-corrected chi connectivity index (χ1v) is 15.8. The molecule has 5 rings (SSSR count). The largest absolute Gasteiger partial charge is 0.496 e. The summed E-state index contributed by atoms with van der Waals surface area (Å²) in [4.78, 5) is 32.3. The molecule has 43 heavy (non-hydrogen) atoms. The van der Waals surface area contributed by atoms with Crippen molar-refractivity contribution in [2.45, 2.75) is 72.3 Å². The monoisotopic (exact) mass is 603 g/mol. The number of carbonyl (C=O) groups is 2. The number of aromatic nitrogens is 2. The van der Waals surface area contributed by atoms with Crippen molar-refractivity contribution in [3.8, 4) is 22.8 Å². The Kier molecular flexibility index (Phi) is 9.40. The van der Waals surface area contributed by atoms with Crippen LogP contribution >= 0.6 is 11.3 Å². The van der Waals surface area contributed by atoms with Gasteiger partial charge in [0.2, 0.25) is 0 Å². The van der Waals surface area contributed by atoms with Gasteiger partial charge in [-0.25, -0.2) is 4.98 Å². The van der Waals surface area contributed by atoms with Gasteiger partial charge in [-0.1, -0.05) is 38.2 Å². The smallest absolute Gasteiger partial charge is 0.325 e. The van der Waals surface area contributed by atoms with Crippen LogP contribution in [0.4, 0.5) is 5.13 Å². The minimum Gasteiger partial charge on any atom is -0.496 e. The lowest BCUT2D eigenvalue weighted by Gasteiger charge is -2.21. The van der Waals surface area contributed by atoms with Crippen LogP contribution in [-0.4, -0.2) is 42.8 Å². The second-order valence-electron chi connectivity index (χ2n) is 11.4. The molecule has 0 unspecified atom stereocenters. The first-order valence-electron chi connectivity index (χ1n) is 14.9. The van der Waals surface area contributed by atoms with E-state index in [4.69, 9.17) is 19.2 Å². The van der Waals surface area contributed by atoms with Gasteiger partial charge in [0, 0.05) is 21.3 Å². The number of rotatable bonds is 10. The highest BCUT2D eigenvalue weighted by Gasteiger charge is 2.24. The summed E-state index contributed by atoms with van der Waals surface area (Å²) in [6.45, 7) is 5.98. The van der Waals surface area contributed by atoms with Crippen LogP contribution in [0, 0.1) is 26.7 Å². The van der Waals surface area contributed by atoms with Gasteiger partial charge in [0.1, 0.15) is 23.7 Å². The number of fused-ring (bicyclic) bond motifs is 1. The maximum atomic E-state index is 13.8. The Hall–Kier alpha value is -3.85. The lowest BCUT2D eigenvalue weighted by Crippen LogP contribution is -2.20. The van der Waals surface area contributed by atoms with Crippen LogP contribution in [0.2, 0.25) is 0 Å². The number of hydrogen-bond donors (Lipinski definition) is 1. The van der Waals surface area contributed by atoms with E-state index in [0.29, 0.717) is 22.5 Å². The van der Waals surface area contributed by atoms with Gasteiger partial charge in [0.05, 0.1) is 27.0 Å². The first kappa shape index (κ1) is 30.6. The third kappa shape index (κ3) is 6.42. The molecule has 9 heteroatoms. The van der Waals surface area contributed by atoms with Crippen LogP contribution in [0.1, 0.15) is 70.6 Å². The maximum absolute atomic E-state index is 13.8. The molecule has 228 valence electrons. The number of thiazole rings is 1. The van der Waals surface area contributed by atoms with Gasteiger partial charge >= 0.3 is 5.97 Å². The summed E-state index contributed by atoms with van der Waals surface area (Å²) in [6.07, 6.45) is 8.40. The third-order valence-electron chi connectivity index (χ3n) is 8.77. The van der Waals surface area contributed by atoms with Crippen molar-refractivity contribution < 1.29 is 23.8 Å². The lowest BCUT2D eigenvalue weighted by molar-refractivity contribution is -0.141. The molecule has 2 aromatic carbocycles. The molecule has 2 aromatic heterocycles. The molecule has 4 aromatic rings. The van der Waals surface area contributed by atoms with Crippen molar-refractivity contribution in [1.29, 1.82) is 0 Å². The Morgan fingerprint density at radius 1 is 0.977 bits per heavy atom. The number of benzene rings is 2. The van der Waals surface area contributed by atoms with Crippen molar-refractivity contribution in [1.82, 2.24) is 9.55 Å². The van der Waals surface area contributed by atoms with Gasteiger partial charge in [0.25, 0.3) is 5.91 Å². The molecule has 0 radical (unpaired) electrons. The summed E-state index contributed by atoms with van der Waals surface area (Å²) in [7, 11) is 4.67. The zero-order valence-corrected chi connectivity index (χ0v) is 26.8. The summed E-state index contributed by atoms with van der Waals surface area (Å²) in [5, 5.41) is 4.49. The van der Waals surface area contributed by atoms with Gasteiger partial charge in [-0.3, -0.25) is 14.9 Å². The minimum atomic E-state index is -0.424. The maximum Gasteiger partial charge on any atom is 0.325 e. The quantitative estimate of drug-likeness (QED) is 0.187. The molecule has 1 amide bonds. The summed E-state index contributed by atoms with van der Waals surface area (Å²) in [5.41, 5.74) is 5.98. The predicted octanol–water partition coefficient (Wildman–Crippen LogP) is 7.65. The fourth-order valence-corrected chi connectivity index (χ4v) is 7.12. The number of aryl methyl sites for hydroxylation is 4. The Morgan fingerprint density at radius 3 is 2.42 bits per heavy atom. The second-order valence-corrected chi connectivity index (χ2v) is 12.5. The van der Waals surface area contributed by atoms with E-state index < -0.39 is 5.97 Å². The molecule has 0 bridgehead atoms. The normalized spacial score (nSPS) is 13.7. The van der Waals surface area contributed by atoms with Crippen molar-refractivity contribution >= 4 is 39.2 Å². The van der Waals surface area contributed by atoms with Crippen LogP contribution in [-0.2, 0) is 22.5 Å². The van der Waals surface area contributed by atoms with Crippen LogP contribution in [0.15, 0.2) is 30.3 Å². The van der Waals surface area contributed by atoms with E-state index >= 15 is 0 Å². The fourth-order valence-electron chi connectivity index (χ4n) is 6.13. The van der Waals surface area contributed by atoms with Crippen molar-refractivity contribution in [2.24, 2.45) is 5.92 Å². The molecule has 1 saturated carbocycles. The molecule has 1 aliphatic carbocycles. The summed E-state index contributed by atoms with van der Waals surface area (Å²) < 4.78 is 18.1. The van der Waals surface area contributed by atoms with E-state index in [9.17, 15) is 9.59 Å². The van der Waals surface area contributed by atoms with E-state index in [0.717, 1.165) is 62.3 Å². The number of nitrogens with one attached hydrogen (secondary N) is 1. The molecular formula is C34H41N3O5S. The standard InChI is InChI=1S/C34H41N3O5S/c1-20-12-14-26-24(22(20)3)17-27(37(26)19-31(38)42-6)33(39)36-34-35-32(25-18-28(40-4)21(2)16-29(25)41-5)30(43-34)15-13-23-10-8-7-9-11-23/h12,14,16-18,23H,7-11,13,15,19H2,1-6H3,(H,35,36,39). The first-order chi connectivity index (χ1) is 20.7. The molecule has 2 heterocycles. The molecule has 1 aliphatic rings. The fraction of sp³-hybridized carbons (Fsp3) is 0.441. The highest BCUT2D eigenvalue weighted by Crippen LogP contribution is 2.41. The molecule has 0 saturated heterocycles. The Balaban J connectivity index is 1.53. The number of carbonyl (C=O) groups excluding carboxylic acids is 2.